The highest BCUT2D eigenvalue weighted by molar-refractivity contribution is 6.32. The van der Waals surface area contributed by atoms with Crippen LogP contribution in [0.1, 0.15) is 54.9 Å². The molecule has 2 amide bonds. The smallest absolute Gasteiger partial charge is 0.291 e. The van der Waals surface area contributed by atoms with E-state index < -0.39 is 0 Å². The van der Waals surface area contributed by atoms with Crippen molar-refractivity contribution in [2.24, 2.45) is 0 Å². The van der Waals surface area contributed by atoms with Crippen LogP contribution in [-0.2, 0) is 4.79 Å². The molecular weight excluding hydrogens is 438 g/mol. The zero-order chi connectivity index (χ0) is 23.2. The number of carbonyl (C=O) groups excluding carboxylic acids is 2. The summed E-state index contributed by atoms with van der Waals surface area (Å²) in [5.74, 6) is 0.0955. The molecule has 0 saturated carbocycles. The molecule has 0 unspecified atom stereocenters. The Labute approximate surface area is 199 Å². The number of rotatable bonds is 7. The maximum Gasteiger partial charge on any atom is 0.291 e. The van der Waals surface area contributed by atoms with E-state index in [0.717, 1.165) is 19.5 Å². The Balaban J connectivity index is 1.34. The Kier molecular flexibility index (Phi) is 7.68. The van der Waals surface area contributed by atoms with E-state index in [1.165, 1.54) is 25.7 Å². The van der Waals surface area contributed by atoms with Gasteiger partial charge in [0.15, 0.2) is 11.5 Å². The van der Waals surface area contributed by atoms with E-state index in [2.05, 4.69) is 22.5 Å². The van der Waals surface area contributed by atoms with Gasteiger partial charge in [-0.2, -0.15) is 0 Å². The first kappa shape index (κ1) is 23.3. The van der Waals surface area contributed by atoms with E-state index in [-0.39, 0.29) is 17.6 Å². The van der Waals surface area contributed by atoms with Crippen LogP contribution in [0.3, 0.4) is 0 Å². The molecular formula is C26H30ClN3O3. The van der Waals surface area contributed by atoms with Gasteiger partial charge in [-0.05, 0) is 68.1 Å². The number of nitrogens with zero attached hydrogens (tertiary/aromatic N) is 1. The number of halogens is 1. The van der Waals surface area contributed by atoms with Crippen molar-refractivity contribution < 1.29 is 14.3 Å². The number of anilines is 1. The lowest BCUT2D eigenvalue weighted by molar-refractivity contribution is -0.115. The van der Waals surface area contributed by atoms with Gasteiger partial charge in [0.25, 0.3) is 11.8 Å². The van der Waals surface area contributed by atoms with E-state index >= 15 is 0 Å². The summed E-state index contributed by atoms with van der Waals surface area (Å²) in [6, 6.07) is 12.9. The van der Waals surface area contributed by atoms with Crippen LogP contribution in [0.2, 0.25) is 5.02 Å². The molecule has 1 fully saturated rings. The van der Waals surface area contributed by atoms with Crippen molar-refractivity contribution in [2.75, 3.05) is 25.0 Å². The van der Waals surface area contributed by atoms with Gasteiger partial charge in [0.2, 0.25) is 0 Å². The average Bonchev–Trinajstić information content (AvgIpc) is 2.83. The molecule has 0 aliphatic carbocycles. The van der Waals surface area contributed by atoms with Gasteiger partial charge in [-0.1, -0.05) is 43.1 Å². The lowest BCUT2D eigenvalue weighted by Crippen LogP contribution is -2.40. The van der Waals surface area contributed by atoms with Crippen LogP contribution in [0.5, 0.6) is 5.75 Å². The van der Waals surface area contributed by atoms with Crippen molar-refractivity contribution in [1.82, 2.24) is 10.2 Å². The van der Waals surface area contributed by atoms with Gasteiger partial charge in [-0.25, -0.2) is 0 Å². The van der Waals surface area contributed by atoms with Crippen LogP contribution in [0.15, 0.2) is 48.2 Å². The lowest BCUT2D eigenvalue weighted by atomic mass is 10.00. The number of piperidine rings is 1. The zero-order valence-electron chi connectivity index (χ0n) is 18.9. The van der Waals surface area contributed by atoms with Crippen LogP contribution in [0.25, 0.3) is 6.08 Å². The first-order valence-electron chi connectivity index (χ1n) is 11.7. The third-order valence-electron chi connectivity index (χ3n) is 6.25. The molecule has 0 spiro atoms. The van der Waals surface area contributed by atoms with E-state index in [4.69, 9.17) is 16.3 Å². The molecule has 4 rings (SSSR count). The number of ether oxygens (including phenoxy) is 1. The summed E-state index contributed by atoms with van der Waals surface area (Å²) in [6.07, 6.45) is 7.57. The van der Waals surface area contributed by atoms with Gasteiger partial charge in [0.05, 0.1) is 5.69 Å². The van der Waals surface area contributed by atoms with Gasteiger partial charge in [0.1, 0.15) is 0 Å². The van der Waals surface area contributed by atoms with Crippen LogP contribution >= 0.6 is 11.6 Å². The molecule has 2 aromatic carbocycles. The molecule has 0 radical (unpaired) electrons. The summed E-state index contributed by atoms with van der Waals surface area (Å²) in [4.78, 5) is 27.7. The fourth-order valence-electron chi connectivity index (χ4n) is 4.44. The van der Waals surface area contributed by atoms with E-state index in [9.17, 15) is 9.59 Å². The zero-order valence-corrected chi connectivity index (χ0v) is 19.7. The summed E-state index contributed by atoms with van der Waals surface area (Å²) in [5.41, 5.74) is 1.65. The average molecular weight is 468 g/mol. The fourth-order valence-corrected chi connectivity index (χ4v) is 4.63. The molecule has 1 saturated heterocycles. The second kappa shape index (κ2) is 10.9. The highest BCUT2D eigenvalue weighted by Gasteiger charge is 2.24. The number of hydrogen-bond acceptors (Lipinski definition) is 4. The molecule has 7 heteroatoms. The first-order valence-corrected chi connectivity index (χ1v) is 12.0. The molecule has 2 heterocycles. The topological polar surface area (TPSA) is 70.7 Å². The SMILES string of the molecule is CC[C@@H]1CCCCN1CCCNC(=O)c1ccc2c(c1)NC(=O)/C(=C/c1ccccc1Cl)O2. The molecule has 0 bridgehead atoms. The Bertz CT molecular complexity index is 1050. The van der Waals surface area contributed by atoms with E-state index in [0.29, 0.717) is 40.2 Å². The molecule has 6 nitrogen and oxygen atoms in total. The highest BCUT2D eigenvalue weighted by Crippen LogP contribution is 2.33. The molecule has 2 aromatic rings. The molecule has 2 N–H and O–H groups in total. The van der Waals surface area contributed by atoms with Crippen LogP contribution < -0.4 is 15.4 Å². The van der Waals surface area contributed by atoms with Gasteiger partial charge >= 0.3 is 0 Å². The van der Waals surface area contributed by atoms with Crippen molar-refractivity contribution in [2.45, 2.75) is 45.1 Å². The number of carbonyl (C=O) groups is 2. The molecule has 2 aliphatic heterocycles. The minimum Gasteiger partial charge on any atom is -0.449 e. The normalized spacial score (nSPS) is 19.5. The van der Waals surface area contributed by atoms with E-state index in [1.807, 2.05) is 18.2 Å². The minimum atomic E-state index is -0.382. The minimum absolute atomic E-state index is 0.149. The maximum atomic E-state index is 12.6. The van der Waals surface area contributed by atoms with Crippen molar-refractivity contribution in [1.29, 1.82) is 0 Å². The van der Waals surface area contributed by atoms with Gasteiger partial charge in [0, 0.05) is 29.7 Å². The van der Waals surface area contributed by atoms with Crippen LogP contribution in [-0.4, -0.2) is 42.4 Å². The predicted octanol–water partition coefficient (Wildman–Crippen LogP) is 5.10. The second-order valence-electron chi connectivity index (χ2n) is 8.50. The summed E-state index contributed by atoms with van der Waals surface area (Å²) >= 11 is 6.18. The fraction of sp³-hybridized carbons (Fsp3) is 0.385. The van der Waals surface area contributed by atoms with Crippen molar-refractivity contribution in [3.05, 3.63) is 64.4 Å². The summed E-state index contributed by atoms with van der Waals surface area (Å²) < 4.78 is 5.78. The molecule has 0 aromatic heterocycles. The van der Waals surface area contributed by atoms with Crippen LogP contribution in [0.4, 0.5) is 5.69 Å². The third kappa shape index (κ3) is 5.75. The van der Waals surface area contributed by atoms with E-state index in [1.54, 1.807) is 30.3 Å². The third-order valence-corrected chi connectivity index (χ3v) is 6.60. The van der Waals surface area contributed by atoms with Gasteiger partial charge < -0.3 is 20.3 Å². The van der Waals surface area contributed by atoms with Crippen molar-refractivity contribution in [3.8, 4) is 5.75 Å². The molecule has 33 heavy (non-hydrogen) atoms. The maximum absolute atomic E-state index is 12.6. The Hall–Kier alpha value is -2.83. The number of nitrogens with one attached hydrogen (secondary N) is 2. The quantitative estimate of drug-likeness (QED) is 0.439. The van der Waals surface area contributed by atoms with Gasteiger partial charge in [-0.15, -0.1) is 0 Å². The largest absolute Gasteiger partial charge is 0.449 e. The van der Waals surface area contributed by atoms with Crippen molar-refractivity contribution in [3.63, 3.8) is 0 Å². The highest BCUT2D eigenvalue weighted by atomic mass is 35.5. The molecule has 2 aliphatic rings. The first-order chi connectivity index (χ1) is 16.0. The van der Waals surface area contributed by atoms with Gasteiger partial charge in [-0.3, -0.25) is 9.59 Å². The van der Waals surface area contributed by atoms with Crippen molar-refractivity contribution >= 4 is 35.2 Å². The Morgan fingerprint density at radius 1 is 1.27 bits per heavy atom. The lowest BCUT2D eigenvalue weighted by Gasteiger charge is -2.35. The number of likely N-dealkylation sites (tertiary alicyclic amines) is 1. The summed E-state index contributed by atoms with van der Waals surface area (Å²) in [5, 5.41) is 6.33. The number of hydrogen-bond donors (Lipinski definition) is 2. The summed E-state index contributed by atoms with van der Waals surface area (Å²) in [7, 11) is 0. The molecule has 1 atom stereocenters. The number of benzene rings is 2. The number of amides is 2. The Morgan fingerprint density at radius 2 is 2.12 bits per heavy atom. The second-order valence-corrected chi connectivity index (χ2v) is 8.91. The Morgan fingerprint density at radius 3 is 2.94 bits per heavy atom. The van der Waals surface area contributed by atoms with Crippen LogP contribution in [0, 0.1) is 0 Å². The molecule has 174 valence electrons. The summed E-state index contributed by atoms with van der Waals surface area (Å²) in [6.45, 7) is 5.03. The monoisotopic (exact) mass is 467 g/mol. The number of fused-ring (bicyclic) bond motifs is 1. The predicted molar refractivity (Wildman–Crippen MR) is 132 cm³/mol. The standard InChI is InChI=1S/C26H30ClN3O3/c1-2-20-9-5-6-14-30(20)15-7-13-28-25(31)19-11-12-23-22(16-19)29-26(32)24(33-23)17-18-8-3-4-10-21(18)27/h3-4,8,10-12,16-17,20H,2,5-7,9,13-15H2,1H3,(H,28,31)(H,29,32)/b24-17-/t20-/m1/s1.